The molecule has 0 fully saturated rings. The van der Waals surface area contributed by atoms with E-state index in [9.17, 15) is 4.79 Å². The first-order valence-corrected chi connectivity index (χ1v) is 10.9. The van der Waals surface area contributed by atoms with Crippen molar-refractivity contribution in [2.75, 3.05) is 31.1 Å². The molecule has 0 aliphatic heterocycles. The number of hydrogen-bond acceptors (Lipinski definition) is 4. The fourth-order valence-corrected chi connectivity index (χ4v) is 4.26. The van der Waals surface area contributed by atoms with Crippen molar-refractivity contribution >= 4 is 45.0 Å². The molecule has 0 radical (unpaired) electrons. The summed E-state index contributed by atoms with van der Waals surface area (Å²) in [6.45, 7) is 11.9. The molecule has 3 rings (SSSR count). The normalized spacial score (nSPS) is 10.9. The summed E-state index contributed by atoms with van der Waals surface area (Å²) >= 11 is 1.60. The van der Waals surface area contributed by atoms with Crippen LogP contribution in [0.25, 0.3) is 10.2 Å². The van der Waals surface area contributed by atoms with E-state index in [0.717, 1.165) is 47.0 Å². The number of carbonyl (C=O) groups excluding carboxylic acids is 1. The van der Waals surface area contributed by atoms with Crippen LogP contribution in [0.15, 0.2) is 42.5 Å². The van der Waals surface area contributed by atoms with E-state index >= 15 is 0 Å². The molecule has 0 saturated carbocycles. The molecule has 1 aromatic heterocycles. The Morgan fingerprint density at radius 2 is 1.69 bits per heavy atom. The van der Waals surface area contributed by atoms with Gasteiger partial charge < -0.3 is 4.90 Å². The van der Waals surface area contributed by atoms with Crippen molar-refractivity contribution in [3.05, 3.63) is 59.2 Å². The Labute approximate surface area is 184 Å². The van der Waals surface area contributed by atoms with Gasteiger partial charge in [-0.3, -0.25) is 9.69 Å². The number of rotatable bonds is 8. The number of nitrogens with zero attached hydrogens (tertiary/aromatic N) is 3. The highest BCUT2D eigenvalue weighted by atomic mass is 35.5. The third kappa shape index (κ3) is 5.56. The molecule has 3 aromatic rings. The number of thiazole rings is 1. The van der Waals surface area contributed by atoms with Crippen molar-refractivity contribution in [1.29, 1.82) is 0 Å². The number of anilines is 1. The van der Waals surface area contributed by atoms with Crippen molar-refractivity contribution in [2.45, 2.75) is 34.1 Å². The van der Waals surface area contributed by atoms with Crippen LogP contribution in [0.1, 0.15) is 42.3 Å². The van der Waals surface area contributed by atoms with Crippen LogP contribution in [0.4, 0.5) is 5.13 Å². The maximum atomic E-state index is 13.3. The minimum atomic E-state index is 0. The van der Waals surface area contributed by atoms with Gasteiger partial charge in [0, 0.05) is 18.7 Å². The van der Waals surface area contributed by atoms with Gasteiger partial charge in [-0.2, -0.15) is 0 Å². The van der Waals surface area contributed by atoms with E-state index in [1.807, 2.05) is 36.1 Å². The van der Waals surface area contributed by atoms with Gasteiger partial charge in [-0.25, -0.2) is 4.98 Å². The Morgan fingerprint density at radius 1 is 1.00 bits per heavy atom. The standard InChI is InChI=1S/C23H29N3OS.ClH/c1-5-18-10-13-20-21(16-18)28-23(24-20)26(15-14-25(6-2)7-3)22(27)19-11-8-17(4)9-12-19;/h8-13,16H,5-7,14-15H2,1-4H3;1H. The van der Waals surface area contributed by atoms with Crippen molar-refractivity contribution < 1.29 is 4.79 Å². The molecule has 0 bridgehead atoms. The van der Waals surface area contributed by atoms with E-state index in [0.29, 0.717) is 12.1 Å². The van der Waals surface area contributed by atoms with E-state index in [1.165, 1.54) is 5.56 Å². The molecule has 6 heteroatoms. The van der Waals surface area contributed by atoms with E-state index < -0.39 is 0 Å². The molecule has 156 valence electrons. The van der Waals surface area contributed by atoms with E-state index in [4.69, 9.17) is 4.98 Å². The van der Waals surface area contributed by atoms with Crippen molar-refractivity contribution in [2.24, 2.45) is 0 Å². The Hall–Kier alpha value is -1.95. The summed E-state index contributed by atoms with van der Waals surface area (Å²) < 4.78 is 1.14. The van der Waals surface area contributed by atoms with Crippen LogP contribution in [0.5, 0.6) is 0 Å². The number of fused-ring (bicyclic) bond motifs is 1. The second kappa shape index (κ2) is 10.7. The lowest BCUT2D eigenvalue weighted by atomic mass is 10.1. The number of benzene rings is 2. The van der Waals surface area contributed by atoms with Gasteiger partial charge in [0.15, 0.2) is 5.13 Å². The number of aromatic nitrogens is 1. The summed E-state index contributed by atoms with van der Waals surface area (Å²) in [7, 11) is 0. The first-order chi connectivity index (χ1) is 13.5. The summed E-state index contributed by atoms with van der Waals surface area (Å²) in [5, 5.41) is 0.779. The topological polar surface area (TPSA) is 36.4 Å². The molecule has 1 heterocycles. The number of aryl methyl sites for hydroxylation is 2. The fourth-order valence-electron chi connectivity index (χ4n) is 3.21. The second-order valence-corrected chi connectivity index (χ2v) is 8.01. The maximum absolute atomic E-state index is 13.3. The minimum absolute atomic E-state index is 0. The summed E-state index contributed by atoms with van der Waals surface area (Å²) in [5.74, 6) is 0.0157. The molecule has 4 nitrogen and oxygen atoms in total. The predicted molar refractivity (Wildman–Crippen MR) is 127 cm³/mol. The van der Waals surface area contributed by atoms with Crippen LogP contribution in [0.3, 0.4) is 0 Å². The van der Waals surface area contributed by atoms with E-state index in [1.54, 1.807) is 11.3 Å². The van der Waals surface area contributed by atoms with Gasteiger partial charge in [0.1, 0.15) is 0 Å². The van der Waals surface area contributed by atoms with Gasteiger partial charge in [-0.05, 0) is 56.3 Å². The highest BCUT2D eigenvalue weighted by Gasteiger charge is 2.22. The van der Waals surface area contributed by atoms with Gasteiger partial charge in [0.05, 0.1) is 10.2 Å². The average Bonchev–Trinajstić information content (AvgIpc) is 3.14. The van der Waals surface area contributed by atoms with Crippen molar-refractivity contribution in [1.82, 2.24) is 9.88 Å². The van der Waals surface area contributed by atoms with Gasteiger partial charge in [-0.1, -0.05) is 55.9 Å². The lowest BCUT2D eigenvalue weighted by molar-refractivity contribution is 0.0984. The van der Waals surface area contributed by atoms with Crippen molar-refractivity contribution in [3.63, 3.8) is 0 Å². The maximum Gasteiger partial charge on any atom is 0.260 e. The van der Waals surface area contributed by atoms with Crippen LogP contribution in [0, 0.1) is 6.92 Å². The molecule has 0 saturated heterocycles. The zero-order valence-corrected chi connectivity index (χ0v) is 19.3. The molecule has 2 aromatic carbocycles. The van der Waals surface area contributed by atoms with E-state index in [2.05, 4.69) is 43.9 Å². The molecular formula is C23H30ClN3OS. The molecular weight excluding hydrogens is 402 g/mol. The average molecular weight is 432 g/mol. The molecule has 29 heavy (non-hydrogen) atoms. The van der Waals surface area contributed by atoms with Crippen LogP contribution in [-0.2, 0) is 6.42 Å². The number of hydrogen-bond donors (Lipinski definition) is 0. The lowest BCUT2D eigenvalue weighted by Gasteiger charge is -2.24. The van der Waals surface area contributed by atoms with Gasteiger partial charge in [-0.15, -0.1) is 12.4 Å². The first kappa shape index (κ1) is 23.3. The summed E-state index contributed by atoms with van der Waals surface area (Å²) in [6, 6.07) is 14.2. The van der Waals surface area contributed by atoms with E-state index in [-0.39, 0.29) is 18.3 Å². The zero-order chi connectivity index (χ0) is 20.1. The van der Waals surface area contributed by atoms with Crippen LogP contribution in [-0.4, -0.2) is 42.0 Å². The molecule has 0 N–H and O–H groups in total. The Balaban J connectivity index is 0.00000300. The number of carbonyl (C=O) groups is 1. The molecule has 0 aliphatic rings. The predicted octanol–water partition coefficient (Wildman–Crippen LogP) is 5.58. The number of likely N-dealkylation sites (N-methyl/N-ethyl adjacent to an activating group) is 1. The Bertz CT molecular complexity index is 935. The van der Waals surface area contributed by atoms with Gasteiger partial charge in [0.25, 0.3) is 5.91 Å². The van der Waals surface area contributed by atoms with Crippen LogP contribution >= 0.6 is 23.7 Å². The molecule has 0 atom stereocenters. The molecule has 0 spiro atoms. The summed E-state index contributed by atoms with van der Waals surface area (Å²) in [5.41, 5.74) is 4.11. The van der Waals surface area contributed by atoms with Gasteiger partial charge >= 0.3 is 0 Å². The summed E-state index contributed by atoms with van der Waals surface area (Å²) in [4.78, 5) is 22.3. The first-order valence-electron chi connectivity index (χ1n) is 10.1. The quantitative estimate of drug-likeness (QED) is 0.467. The SMILES string of the molecule is CCc1ccc2nc(N(CCN(CC)CC)C(=O)c3ccc(C)cc3)sc2c1.Cl. The Morgan fingerprint density at radius 3 is 2.31 bits per heavy atom. The molecule has 0 aliphatic carbocycles. The van der Waals surface area contributed by atoms with Crippen LogP contribution in [0.2, 0.25) is 0 Å². The molecule has 0 unspecified atom stereocenters. The number of amides is 1. The third-order valence-corrected chi connectivity index (χ3v) is 6.20. The lowest BCUT2D eigenvalue weighted by Crippen LogP contribution is -2.38. The van der Waals surface area contributed by atoms with Crippen molar-refractivity contribution in [3.8, 4) is 0 Å². The highest BCUT2D eigenvalue weighted by Crippen LogP contribution is 2.30. The van der Waals surface area contributed by atoms with Gasteiger partial charge in [0.2, 0.25) is 0 Å². The van der Waals surface area contributed by atoms with Crippen LogP contribution < -0.4 is 4.90 Å². The third-order valence-electron chi connectivity index (χ3n) is 5.16. The largest absolute Gasteiger partial charge is 0.302 e. The highest BCUT2D eigenvalue weighted by molar-refractivity contribution is 7.22. The second-order valence-electron chi connectivity index (χ2n) is 7.00. The monoisotopic (exact) mass is 431 g/mol. The molecule has 1 amide bonds. The Kier molecular flexibility index (Phi) is 8.62. The minimum Gasteiger partial charge on any atom is -0.302 e. The summed E-state index contributed by atoms with van der Waals surface area (Å²) in [6.07, 6.45) is 0.997. The fraction of sp³-hybridized carbons (Fsp3) is 0.391. The number of halogens is 1. The smallest absolute Gasteiger partial charge is 0.260 e. The zero-order valence-electron chi connectivity index (χ0n) is 17.6.